The van der Waals surface area contributed by atoms with Crippen LogP contribution in [-0.4, -0.2) is 46.8 Å². The van der Waals surface area contributed by atoms with Crippen molar-refractivity contribution in [3.63, 3.8) is 0 Å². The third-order valence-electron chi connectivity index (χ3n) is 5.28. The van der Waals surface area contributed by atoms with Gasteiger partial charge in [-0.25, -0.2) is 14.8 Å². The molecule has 120 valence electrons. The summed E-state index contributed by atoms with van der Waals surface area (Å²) in [5.74, 6) is 1.10. The Labute approximate surface area is 130 Å². The summed E-state index contributed by atoms with van der Waals surface area (Å²) in [5.41, 5.74) is -0.329. The van der Waals surface area contributed by atoms with Gasteiger partial charge in [-0.05, 0) is 25.2 Å². The first-order chi connectivity index (χ1) is 10.6. The Hall–Kier alpha value is -1.69. The summed E-state index contributed by atoms with van der Waals surface area (Å²) in [6.45, 7) is 3.77. The number of rotatable bonds is 3. The van der Waals surface area contributed by atoms with Crippen molar-refractivity contribution in [1.29, 1.82) is 0 Å². The van der Waals surface area contributed by atoms with Crippen LogP contribution < -0.4 is 4.90 Å². The molecule has 0 bridgehead atoms. The fourth-order valence-electron chi connectivity index (χ4n) is 3.95. The number of esters is 1. The van der Waals surface area contributed by atoms with Gasteiger partial charge in [-0.15, -0.1) is 0 Å². The monoisotopic (exact) mass is 305 g/mol. The van der Waals surface area contributed by atoms with E-state index in [1.807, 2.05) is 0 Å². The smallest absolute Gasteiger partial charge is 0.358 e. The number of methoxy groups -OCH3 is 1. The Morgan fingerprint density at radius 2 is 2.27 bits per heavy atom. The summed E-state index contributed by atoms with van der Waals surface area (Å²) in [7, 11) is 1.33. The average molecular weight is 305 g/mol. The van der Waals surface area contributed by atoms with Crippen LogP contribution >= 0.6 is 0 Å². The van der Waals surface area contributed by atoms with Gasteiger partial charge in [0.2, 0.25) is 0 Å². The van der Waals surface area contributed by atoms with E-state index in [0.717, 1.165) is 44.6 Å². The Kier molecular flexibility index (Phi) is 4.04. The highest BCUT2D eigenvalue weighted by Gasteiger charge is 2.48. The van der Waals surface area contributed by atoms with Crippen LogP contribution in [0, 0.1) is 11.8 Å². The molecule has 1 aliphatic heterocycles. The normalized spacial score (nSPS) is 31.0. The van der Waals surface area contributed by atoms with E-state index in [-0.39, 0.29) is 5.69 Å². The number of aliphatic hydroxyl groups is 1. The zero-order chi connectivity index (χ0) is 15.7. The third-order valence-corrected chi connectivity index (χ3v) is 5.28. The van der Waals surface area contributed by atoms with Crippen molar-refractivity contribution < 1.29 is 14.6 Å². The van der Waals surface area contributed by atoms with Crippen molar-refractivity contribution in [2.24, 2.45) is 11.8 Å². The maximum absolute atomic E-state index is 11.4. The highest BCUT2D eigenvalue weighted by atomic mass is 16.5. The third kappa shape index (κ3) is 2.56. The lowest BCUT2D eigenvalue weighted by atomic mass is 9.69. The second kappa shape index (κ2) is 5.83. The molecule has 1 N–H and O–H groups in total. The van der Waals surface area contributed by atoms with E-state index in [2.05, 4.69) is 26.5 Å². The van der Waals surface area contributed by atoms with Crippen LogP contribution in [0.15, 0.2) is 12.4 Å². The van der Waals surface area contributed by atoms with Crippen molar-refractivity contribution >= 4 is 11.8 Å². The number of fused-ring (bicyclic) bond motifs is 1. The summed E-state index contributed by atoms with van der Waals surface area (Å²) in [5, 5.41) is 10.8. The molecule has 2 heterocycles. The van der Waals surface area contributed by atoms with Crippen LogP contribution in [0.2, 0.25) is 0 Å². The molecule has 1 saturated carbocycles. The number of hydrogen-bond donors (Lipinski definition) is 1. The van der Waals surface area contributed by atoms with E-state index < -0.39 is 11.6 Å². The summed E-state index contributed by atoms with van der Waals surface area (Å²) >= 11 is 0. The number of anilines is 1. The fraction of sp³-hybridized carbons (Fsp3) is 0.688. The largest absolute Gasteiger partial charge is 0.464 e. The van der Waals surface area contributed by atoms with E-state index >= 15 is 0 Å². The zero-order valence-corrected chi connectivity index (χ0v) is 13.2. The summed E-state index contributed by atoms with van der Waals surface area (Å²) < 4.78 is 4.63. The van der Waals surface area contributed by atoms with Crippen LogP contribution in [0.4, 0.5) is 5.82 Å². The fourth-order valence-corrected chi connectivity index (χ4v) is 3.95. The summed E-state index contributed by atoms with van der Waals surface area (Å²) in [6.07, 6.45) is 7.02. The summed E-state index contributed by atoms with van der Waals surface area (Å²) in [6, 6.07) is 0. The number of carbonyl (C=O) groups is 1. The van der Waals surface area contributed by atoms with Crippen LogP contribution in [-0.2, 0) is 4.74 Å². The molecule has 0 aromatic carbocycles. The number of nitrogens with zero attached hydrogens (tertiary/aromatic N) is 3. The molecule has 1 aromatic heterocycles. The highest BCUT2D eigenvalue weighted by molar-refractivity contribution is 5.86. The predicted octanol–water partition coefficient (Wildman–Crippen LogP) is 1.64. The topological polar surface area (TPSA) is 75.5 Å². The molecule has 3 rings (SSSR count). The molecular weight excluding hydrogens is 282 g/mol. The maximum Gasteiger partial charge on any atom is 0.358 e. The number of aromatic nitrogens is 2. The second-order valence-electron chi connectivity index (χ2n) is 6.37. The number of ether oxygens (including phenoxy) is 1. The number of hydrogen-bond acceptors (Lipinski definition) is 6. The molecule has 1 aromatic rings. The Morgan fingerprint density at radius 1 is 1.45 bits per heavy atom. The van der Waals surface area contributed by atoms with Gasteiger partial charge in [0, 0.05) is 19.0 Å². The molecule has 0 radical (unpaired) electrons. The van der Waals surface area contributed by atoms with Gasteiger partial charge in [-0.2, -0.15) is 0 Å². The van der Waals surface area contributed by atoms with Gasteiger partial charge in [-0.3, -0.25) is 0 Å². The Balaban J connectivity index is 1.76. The van der Waals surface area contributed by atoms with E-state index in [1.165, 1.54) is 13.3 Å². The second-order valence-corrected chi connectivity index (χ2v) is 6.37. The molecule has 2 fully saturated rings. The molecule has 6 nitrogen and oxygen atoms in total. The summed E-state index contributed by atoms with van der Waals surface area (Å²) in [4.78, 5) is 22.0. The molecular formula is C16H23N3O3. The van der Waals surface area contributed by atoms with Crippen molar-refractivity contribution in [3.05, 3.63) is 18.1 Å². The van der Waals surface area contributed by atoms with E-state index in [1.54, 1.807) is 6.20 Å². The Bertz CT molecular complexity index is 548. The zero-order valence-electron chi connectivity index (χ0n) is 13.2. The van der Waals surface area contributed by atoms with Gasteiger partial charge in [0.15, 0.2) is 5.69 Å². The minimum atomic E-state index is -0.545. The molecule has 0 amide bonds. The lowest BCUT2D eigenvalue weighted by molar-refractivity contribution is -0.0597. The maximum atomic E-state index is 11.4. The van der Waals surface area contributed by atoms with Gasteiger partial charge in [0.1, 0.15) is 5.82 Å². The molecule has 1 saturated heterocycles. The molecule has 1 aliphatic carbocycles. The first-order valence-corrected chi connectivity index (χ1v) is 7.95. The highest BCUT2D eigenvalue weighted by Crippen LogP contribution is 2.44. The van der Waals surface area contributed by atoms with Crippen molar-refractivity contribution in [1.82, 2.24) is 9.97 Å². The van der Waals surface area contributed by atoms with Gasteiger partial charge in [-0.1, -0.05) is 13.3 Å². The first-order valence-electron chi connectivity index (χ1n) is 7.95. The van der Waals surface area contributed by atoms with E-state index in [9.17, 15) is 9.90 Å². The quantitative estimate of drug-likeness (QED) is 0.856. The van der Waals surface area contributed by atoms with Crippen LogP contribution in [0.5, 0.6) is 0 Å². The van der Waals surface area contributed by atoms with Gasteiger partial charge in [0.25, 0.3) is 0 Å². The molecule has 0 unspecified atom stereocenters. The van der Waals surface area contributed by atoms with Crippen LogP contribution in [0.1, 0.15) is 43.1 Å². The van der Waals surface area contributed by atoms with Crippen molar-refractivity contribution in [2.75, 3.05) is 25.1 Å². The SMILES string of the molecule is CC[C@]1(O)CCC[C@H]2CN(c3cnc(C(=O)OC)cn3)C[C@H]21. The van der Waals surface area contributed by atoms with Gasteiger partial charge < -0.3 is 14.7 Å². The van der Waals surface area contributed by atoms with Crippen molar-refractivity contribution in [2.45, 2.75) is 38.2 Å². The first kappa shape index (κ1) is 15.2. The lowest BCUT2D eigenvalue weighted by Gasteiger charge is -2.40. The molecule has 0 spiro atoms. The van der Waals surface area contributed by atoms with Crippen molar-refractivity contribution in [3.8, 4) is 0 Å². The molecule has 6 heteroatoms. The molecule has 3 atom stereocenters. The Morgan fingerprint density at radius 3 is 2.91 bits per heavy atom. The molecule has 2 aliphatic rings. The average Bonchev–Trinajstić information content (AvgIpc) is 3.00. The van der Waals surface area contributed by atoms with E-state index in [0.29, 0.717) is 11.8 Å². The minimum absolute atomic E-state index is 0.216. The molecule has 22 heavy (non-hydrogen) atoms. The standard InChI is InChI=1S/C16H23N3O3/c1-3-16(21)6-4-5-11-9-19(10-12(11)16)14-8-17-13(7-18-14)15(20)22-2/h7-8,11-12,21H,3-6,9-10H2,1-2H3/t11-,12+,16-/m0/s1. The number of carbonyl (C=O) groups excluding carboxylic acids is 1. The predicted molar refractivity (Wildman–Crippen MR) is 81.7 cm³/mol. The van der Waals surface area contributed by atoms with Gasteiger partial charge >= 0.3 is 5.97 Å². The van der Waals surface area contributed by atoms with E-state index in [4.69, 9.17) is 0 Å². The van der Waals surface area contributed by atoms with Crippen LogP contribution in [0.25, 0.3) is 0 Å². The lowest BCUT2D eigenvalue weighted by Crippen LogP contribution is -2.44. The van der Waals surface area contributed by atoms with Crippen LogP contribution in [0.3, 0.4) is 0 Å². The van der Waals surface area contributed by atoms with Gasteiger partial charge in [0.05, 0.1) is 25.1 Å². The minimum Gasteiger partial charge on any atom is -0.464 e.